The summed E-state index contributed by atoms with van der Waals surface area (Å²) in [5, 5.41) is 2.75. The summed E-state index contributed by atoms with van der Waals surface area (Å²) in [5.41, 5.74) is 9.28. The predicted molar refractivity (Wildman–Crippen MR) is 80.9 cm³/mol. The molecule has 0 unspecified atom stereocenters. The van der Waals surface area contributed by atoms with Crippen LogP contribution in [0.25, 0.3) is 0 Å². The van der Waals surface area contributed by atoms with Crippen LogP contribution in [0.3, 0.4) is 0 Å². The molecule has 0 aliphatic rings. The lowest BCUT2D eigenvalue weighted by Crippen LogP contribution is -2.20. The number of anilines is 2. The Morgan fingerprint density at radius 3 is 2.45 bits per heavy atom. The van der Waals surface area contributed by atoms with Gasteiger partial charge in [-0.25, -0.2) is 0 Å². The maximum absolute atomic E-state index is 11.8. The highest BCUT2D eigenvalue weighted by molar-refractivity contribution is 5.92. The minimum absolute atomic E-state index is 0.0210. The molecule has 0 spiro atoms. The SMILES string of the molecule is Cc1ccc(OCC(=O)Nc2ccc(N)cc2)cc1C. The Balaban J connectivity index is 1.88. The van der Waals surface area contributed by atoms with Crippen molar-refractivity contribution in [1.29, 1.82) is 0 Å². The van der Waals surface area contributed by atoms with E-state index in [2.05, 4.69) is 5.32 Å². The van der Waals surface area contributed by atoms with Crippen LogP contribution in [0.1, 0.15) is 11.1 Å². The van der Waals surface area contributed by atoms with E-state index >= 15 is 0 Å². The summed E-state index contributed by atoms with van der Waals surface area (Å²) in [7, 11) is 0. The summed E-state index contributed by atoms with van der Waals surface area (Å²) in [5.74, 6) is 0.494. The summed E-state index contributed by atoms with van der Waals surface area (Å²) < 4.78 is 5.46. The van der Waals surface area contributed by atoms with Gasteiger partial charge < -0.3 is 15.8 Å². The first-order valence-corrected chi connectivity index (χ1v) is 6.40. The second kappa shape index (κ2) is 6.10. The molecular formula is C16H18N2O2. The molecule has 2 aromatic rings. The van der Waals surface area contributed by atoms with E-state index in [0.29, 0.717) is 17.1 Å². The molecule has 0 saturated carbocycles. The average molecular weight is 270 g/mol. The fraction of sp³-hybridized carbons (Fsp3) is 0.188. The van der Waals surface area contributed by atoms with E-state index in [1.54, 1.807) is 24.3 Å². The molecule has 1 amide bonds. The fourth-order valence-corrected chi connectivity index (χ4v) is 1.72. The van der Waals surface area contributed by atoms with E-state index < -0.39 is 0 Å². The third kappa shape index (κ3) is 3.75. The molecule has 104 valence electrons. The molecule has 0 aliphatic heterocycles. The highest BCUT2D eigenvalue weighted by Gasteiger charge is 2.04. The number of aryl methyl sites for hydroxylation is 2. The van der Waals surface area contributed by atoms with E-state index in [1.807, 2.05) is 32.0 Å². The Labute approximate surface area is 118 Å². The van der Waals surface area contributed by atoms with Crippen LogP contribution in [0.5, 0.6) is 5.75 Å². The van der Waals surface area contributed by atoms with Crippen molar-refractivity contribution in [3.8, 4) is 5.75 Å². The molecule has 0 bridgehead atoms. The van der Waals surface area contributed by atoms with E-state index in [-0.39, 0.29) is 12.5 Å². The molecular weight excluding hydrogens is 252 g/mol. The van der Waals surface area contributed by atoms with Gasteiger partial charge >= 0.3 is 0 Å². The van der Waals surface area contributed by atoms with Gasteiger partial charge in [0, 0.05) is 11.4 Å². The van der Waals surface area contributed by atoms with Gasteiger partial charge in [0.15, 0.2) is 6.61 Å². The zero-order chi connectivity index (χ0) is 14.5. The van der Waals surface area contributed by atoms with Gasteiger partial charge in [-0.2, -0.15) is 0 Å². The van der Waals surface area contributed by atoms with Crippen molar-refractivity contribution in [2.45, 2.75) is 13.8 Å². The number of nitrogen functional groups attached to an aromatic ring is 1. The standard InChI is InChI=1S/C16H18N2O2/c1-11-3-8-15(9-12(11)2)20-10-16(19)18-14-6-4-13(17)5-7-14/h3-9H,10,17H2,1-2H3,(H,18,19). The number of nitrogens with two attached hydrogens (primary N) is 1. The van der Waals surface area contributed by atoms with Crippen molar-refractivity contribution in [2.24, 2.45) is 0 Å². The first-order chi connectivity index (χ1) is 9.54. The topological polar surface area (TPSA) is 64.3 Å². The van der Waals surface area contributed by atoms with E-state index in [1.165, 1.54) is 5.56 Å². The molecule has 4 nitrogen and oxygen atoms in total. The van der Waals surface area contributed by atoms with Crippen LogP contribution in [0.4, 0.5) is 11.4 Å². The minimum atomic E-state index is -0.201. The van der Waals surface area contributed by atoms with E-state index in [0.717, 1.165) is 5.56 Å². The van der Waals surface area contributed by atoms with Crippen molar-refractivity contribution in [3.05, 3.63) is 53.6 Å². The number of hydrogen-bond donors (Lipinski definition) is 2. The molecule has 0 saturated heterocycles. The fourth-order valence-electron chi connectivity index (χ4n) is 1.72. The zero-order valence-electron chi connectivity index (χ0n) is 11.6. The van der Waals surface area contributed by atoms with Crippen LogP contribution < -0.4 is 15.8 Å². The summed E-state index contributed by atoms with van der Waals surface area (Å²) in [6.45, 7) is 4.02. The normalized spacial score (nSPS) is 10.1. The number of amides is 1. The van der Waals surface area contributed by atoms with Gasteiger partial charge in [0.1, 0.15) is 5.75 Å². The largest absolute Gasteiger partial charge is 0.484 e. The Morgan fingerprint density at radius 2 is 1.80 bits per heavy atom. The molecule has 2 aromatic carbocycles. The Hall–Kier alpha value is -2.49. The van der Waals surface area contributed by atoms with Crippen molar-refractivity contribution in [2.75, 3.05) is 17.7 Å². The predicted octanol–water partition coefficient (Wildman–Crippen LogP) is 2.90. The Morgan fingerprint density at radius 1 is 1.10 bits per heavy atom. The molecule has 0 fully saturated rings. The monoisotopic (exact) mass is 270 g/mol. The van der Waals surface area contributed by atoms with Gasteiger partial charge in [-0.1, -0.05) is 6.07 Å². The van der Waals surface area contributed by atoms with Gasteiger partial charge in [-0.3, -0.25) is 4.79 Å². The van der Waals surface area contributed by atoms with Crippen LogP contribution in [0, 0.1) is 13.8 Å². The van der Waals surface area contributed by atoms with Crippen molar-refractivity contribution in [3.63, 3.8) is 0 Å². The maximum Gasteiger partial charge on any atom is 0.262 e. The Kier molecular flexibility index (Phi) is 4.25. The molecule has 0 atom stereocenters. The van der Waals surface area contributed by atoms with Gasteiger partial charge in [-0.05, 0) is 61.4 Å². The lowest BCUT2D eigenvalue weighted by Gasteiger charge is -2.09. The van der Waals surface area contributed by atoms with Crippen LogP contribution in [0.15, 0.2) is 42.5 Å². The van der Waals surface area contributed by atoms with Crippen molar-refractivity contribution >= 4 is 17.3 Å². The lowest BCUT2D eigenvalue weighted by molar-refractivity contribution is -0.118. The second-order valence-corrected chi connectivity index (χ2v) is 4.70. The lowest BCUT2D eigenvalue weighted by atomic mass is 10.1. The maximum atomic E-state index is 11.8. The van der Waals surface area contributed by atoms with Crippen molar-refractivity contribution in [1.82, 2.24) is 0 Å². The zero-order valence-corrected chi connectivity index (χ0v) is 11.6. The van der Waals surface area contributed by atoms with Crippen LogP contribution >= 0.6 is 0 Å². The first-order valence-electron chi connectivity index (χ1n) is 6.40. The minimum Gasteiger partial charge on any atom is -0.484 e. The third-order valence-corrected chi connectivity index (χ3v) is 3.04. The van der Waals surface area contributed by atoms with Gasteiger partial charge in [0.2, 0.25) is 0 Å². The number of ether oxygens (including phenoxy) is 1. The Bertz CT molecular complexity index is 606. The molecule has 0 radical (unpaired) electrons. The quantitative estimate of drug-likeness (QED) is 0.840. The van der Waals surface area contributed by atoms with E-state index in [4.69, 9.17) is 10.5 Å². The molecule has 0 heterocycles. The van der Waals surface area contributed by atoms with Gasteiger partial charge in [-0.15, -0.1) is 0 Å². The summed E-state index contributed by atoms with van der Waals surface area (Å²) >= 11 is 0. The molecule has 2 rings (SSSR count). The number of carbonyl (C=O) groups excluding carboxylic acids is 1. The first kappa shape index (κ1) is 13.9. The van der Waals surface area contributed by atoms with Crippen LogP contribution in [-0.2, 0) is 4.79 Å². The molecule has 0 aliphatic carbocycles. The summed E-state index contributed by atoms with van der Waals surface area (Å²) in [6, 6.07) is 12.7. The van der Waals surface area contributed by atoms with Crippen LogP contribution in [-0.4, -0.2) is 12.5 Å². The highest BCUT2D eigenvalue weighted by atomic mass is 16.5. The second-order valence-electron chi connectivity index (χ2n) is 4.70. The number of benzene rings is 2. The van der Waals surface area contributed by atoms with Crippen LogP contribution in [0.2, 0.25) is 0 Å². The van der Waals surface area contributed by atoms with Crippen molar-refractivity contribution < 1.29 is 9.53 Å². The smallest absolute Gasteiger partial charge is 0.262 e. The molecule has 20 heavy (non-hydrogen) atoms. The summed E-state index contributed by atoms with van der Waals surface area (Å²) in [4.78, 5) is 11.8. The molecule has 4 heteroatoms. The van der Waals surface area contributed by atoms with Gasteiger partial charge in [0.05, 0.1) is 0 Å². The number of hydrogen-bond acceptors (Lipinski definition) is 3. The highest BCUT2D eigenvalue weighted by Crippen LogP contribution is 2.16. The third-order valence-electron chi connectivity index (χ3n) is 3.04. The number of carbonyl (C=O) groups is 1. The number of nitrogens with one attached hydrogen (secondary N) is 1. The molecule has 3 N–H and O–H groups in total. The van der Waals surface area contributed by atoms with Gasteiger partial charge in [0.25, 0.3) is 5.91 Å². The summed E-state index contributed by atoms with van der Waals surface area (Å²) in [6.07, 6.45) is 0. The average Bonchev–Trinajstić information content (AvgIpc) is 2.43. The van der Waals surface area contributed by atoms with E-state index in [9.17, 15) is 4.79 Å². The number of rotatable bonds is 4. The molecule has 0 aromatic heterocycles.